The molecule has 0 aromatic heterocycles. The normalized spacial score (nSPS) is 12.2. The van der Waals surface area contributed by atoms with Crippen molar-refractivity contribution in [2.24, 2.45) is 0 Å². The lowest BCUT2D eigenvalue weighted by atomic mass is 9.99. The molecule has 110 valence electrons. The van der Waals surface area contributed by atoms with Gasteiger partial charge in [-0.1, -0.05) is 44.2 Å². The van der Waals surface area contributed by atoms with Crippen molar-refractivity contribution in [2.75, 3.05) is 5.32 Å². The maximum Gasteiger partial charge on any atom is 0.271 e. The summed E-state index contributed by atoms with van der Waals surface area (Å²) in [5.41, 5.74) is 3.32. The molecule has 2 aromatic carbocycles. The summed E-state index contributed by atoms with van der Waals surface area (Å²) >= 11 is 0. The van der Waals surface area contributed by atoms with Gasteiger partial charge >= 0.3 is 0 Å². The van der Waals surface area contributed by atoms with Gasteiger partial charge in [0, 0.05) is 23.9 Å². The Hall–Kier alpha value is -2.36. The van der Waals surface area contributed by atoms with Gasteiger partial charge < -0.3 is 5.32 Å². The summed E-state index contributed by atoms with van der Waals surface area (Å²) in [6, 6.07) is 15.1. The first kappa shape index (κ1) is 15.0. The quantitative estimate of drug-likeness (QED) is 0.628. The van der Waals surface area contributed by atoms with Gasteiger partial charge in [-0.15, -0.1) is 0 Å². The highest BCUT2D eigenvalue weighted by Gasteiger charge is 2.09. The molecule has 21 heavy (non-hydrogen) atoms. The zero-order chi connectivity index (χ0) is 15.4. The smallest absolute Gasteiger partial charge is 0.271 e. The Bertz CT molecular complexity index is 621. The summed E-state index contributed by atoms with van der Waals surface area (Å²) in [7, 11) is 0. The van der Waals surface area contributed by atoms with Crippen LogP contribution in [0.25, 0.3) is 0 Å². The van der Waals surface area contributed by atoms with Gasteiger partial charge in [-0.3, -0.25) is 10.1 Å². The van der Waals surface area contributed by atoms with Crippen molar-refractivity contribution in [3.8, 4) is 0 Å². The maximum absolute atomic E-state index is 10.8. The molecule has 0 radical (unpaired) electrons. The molecule has 1 N–H and O–H groups in total. The molecule has 4 nitrogen and oxygen atoms in total. The molecule has 0 aliphatic carbocycles. The topological polar surface area (TPSA) is 55.2 Å². The Labute approximate surface area is 125 Å². The molecule has 0 fully saturated rings. The van der Waals surface area contributed by atoms with Crippen molar-refractivity contribution < 1.29 is 4.92 Å². The third kappa shape index (κ3) is 3.81. The zero-order valence-electron chi connectivity index (χ0n) is 12.5. The Morgan fingerprint density at radius 1 is 1.00 bits per heavy atom. The molecule has 0 amide bonds. The van der Waals surface area contributed by atoms with Crippen LogP contribution in [0.5, 0.6) is 0 Å². The number of hydrogen-bond donors (Lipinski definition) is 1. The summed E-state index contributed by atoms with van der Waals surface area (Å²) in [5.74, 6) is 0.513. The molecular weight excluding hydrogens is 264 g/mol. The molecule has 0 aliphatic rings. The third-order valence-corrected chi connectivity index (χ3v) is 3.54. The van der Waals surface area contributed by atoms with E-state index in [0.717, 1.165) is 11.3 Å². The van der Waals surface area contributed by atoms with Gasteiger partial charge in [0.2, 0.25) is 0 Å². The number of rotatable bonds is 5. The van der Waals surface area contributed by atoms with Crippen LogP contribution in [0.15, 0.2) is 48.5 Å². The van der Waals surface area contributed by atoms with E-state index in [0.29, 0.717) is 5.92 Å². The van der Waals surface area contributed by atoms with Crippen LogP contribution in [-0.4, -0.2) is 4.92 Å². The van der Waals surface area contributed by atoms with Gasteiger partial charge in [-0.05, 0) is 30.0 Å². The van der Waals surface area contributed by atoms with E-state index in [2.05, 4.69) is 43.4 Å². The van der Waals surface area contributed by atoms with Crippen molar-refractivity contribution >= 4 is 11.4 Å². The molecule has 1 unspecified atom stereocenters. The minimum absolute atomic E-state index is 0.0909. The number of benzene rings is 2. The predicted molar refractivity (Wildman–Crippen MR) is 85.7 cm³/mol. The van der Waals surface area contributed by atoms with Gasteiger partial charge in [-0.2, -0.15) is 0 Å². The Morgan fingerprint density at radius 3 is 2.19 bits per heavy atom. The molecule has 0 heterocycles. The predicted octanol–water partition coefficient (Wildman–Crippen LogP) is 4.89. The molecule has 2 aromatic rings. The second kappa shape index (κ2) is 6.39. The molecule has 0 saturated carbocycles. The van der Waals surface area contributed by atoms with E-state index in [4.69, 9.17) is 0 Å². The summed E-state index contributed by atoms with van der Waals surface area (Å²) in [6.07, 6.45) is 0. The zero-order valence-corrected chi connectivity index (χ0v) is 12.5. The highest BCUT2D eigenvalue weighted by atomic mass is 16.6. The van der Waals surface area contributed by atoms with Crippen molar-refractivity contribution in [2.45, 2.75) is 32.7 Å². The lowest BCUT2D eigenvalue weighted by Gasteiger charge is -2.16. The minimum atomic E-state index is -0.382. The van der Waals surface area contributed by atoms with Crippen LogP contribution in [-0.2, 0) is 0 Å². The Balaban J connectivity index is 2.12. The van der Waals surface area contributed by atoms with E-state index in [1.807, 2.05) is 13.0 Å². The summed E-state index contributed by atoms with van der Waals surface area (Å²) in [5, 5.41) is 14.1. The SMILES string of the molecule is CC(C)c1ccc(C(C)Nc2cccc([N+](=O)[O-])c2)cc1. The lowest BCUT2D eigenvalue weighted by molar-refractivity contribution is -0.384. The van der Waals surface area contributed by atoms with Gasteiger partial charge in [0.15, 0.2) is 0 Å². The molecule has 0 bridgehead atoms. The molecule has 0 saturated heterocycles. The Morgan fingerprint density at radius 2 is 1.62 bits per heavy atom. The second-order valence-electron chi connectivity index (χ2n) is 5.49. The third-order valence-electron chi connectivity index (χ3n) is 3.54. The number of nitro benzene ring substituents is 1. The van der Waals surface area contributed by atoms with Crippen molar-refractivity contribution in [3.05, 3.63) is 69.8 Å². The molecular formula is C17H20N2O2. The first-order valence-corrected chi connectivity index (χ1v) is 7.08. The highest BCUT2D eigenvalue weighted by molar-refractivity contribution is 5.52. The fraction of sp³-hybridized carbons (Fsp3) is 0.294. The molecule has 2 rings (SSSR count). The van der Waals surface area contributed by atoms with Crippen molar-refractivity contribution in [1.82, 2.24) is 0 Å². The molecule has 4 heteroatoms. The van der Waals surface area contributed by atoms with E-state index in [1.54, 1.807) is 12.1 Å². The highest BCUT2D eigenvalue weighted by Crippen LogP contribution is 2.24. The lowest BCUT2D eigenvalue weighted by Crippen LogP contribution is -2.07. The first-order chi connectivity index (χ1) is 9.97. The minimum Gasteiger partial charge on any atom is -0.378 e. The van der Waals surface area contributed by atoms with E-state index in [-0.39, 0.29) is 16.7 Å². The fourth-order valence-corrected chi connectivity index (χ4v) is 2.21. The summed E-state index contributed by atoms with van der Waals surface area (Å²) < 4.78 is 0. The number of nitrogens with zero attached hydrogens (tertiary/aromatic N) is 1. The second-order valence-corrected chi connectivity index (χ2v) is 5.49. The maximum atomic E-state index is 10.8. The first-order valence-electron chi connectivity index (χ1n) is 7.08. The van der Waals surface area contributed by atoms with Crippen LogP contribution in [0, 0.1) is 10.1 Å². The van der Waals surface area contributed by atoms with Gasteiger partial charge in [-0.25, -0.2) is 0 Å². The van der Waals surface area contributed by atoms with Crippen LogP contribution in [0.4, 0.5) is 11.4 Å². The average molecular weight is 284 g/mol. The molecule has 1 atom stereocenters. The number of hydrogen-bond acceptors (Lipinski definition) is 3. The fourth-order valence-electron chi connectivity index (χ4n) is 2.21. The average Bonchev–Trinajstić information content (AvgIpc) is 2.47. The Kier molecular flexibility index (Phi) is 4.58. The number of non-ortho nitro benzene ring substituents is 1. The number of anilines is 1. The number of nitrogens with one attached hydrogen (secondary N) is 1. The van der Waals surface area contributed by atoms with Crippen LogP contribution < -0.4 is 5.32 Å². The van der Waals surface area contributed by atoms with Gasteiger partial charge in [0.05, 0.1) is 4.92 Å². The van der Waals surface area contributed by atoms with E-state index >= 15 is 0 Å². The van der Waals surface area contributed by atoms with Crippen LogP contribution in [0.1, 0.15) is 43.9 Å². The molecule has 0 spiro atoms. The van der Waals surface area contributed by atoms with Gasteiger partial charge in [0.25, 0.3) is 5.69 Å². The van der Waals surface area contributed by atoms with Crippen LogP contribution in [0.3, 0.4) is 0 Å². The van der Waals surface area contributed by atoms with E-state index in [1.165, 1.54) is 11.6 Å². The standard InChI is InChI=1S/C17H20N2O2/c1-12(2)14-7-9-15(10-8-14)13(3)18-16-5-4-6-17(11-16)19(20)21/h4-13,18H,1-3H3. The van der Waals surface area contributed by atoms with E-state index in [9.17, 15) is 10.1 Å². The van der Waals surface area contributed by atoms with Crippen molar-refractivity contribution in [3.63, 3.8) is 0 Å². The van der Waals surface area contributed by atoms with Gasteiger partial charge in [0.1, 0.15) is 0 Å². The monoisotopic (exact) mass is 284 g/mol. The summed E-state index contributed by atoms with van der Waals surface area (Å²) in [6.45, 7) is 6.38. The van der Waals surface area contributed by atoms with Crippen LogP contribution in [0.2, 0.25) is 0 Å². The largest absolute Gasteiger partial charge is 0.378 e. The van der Waals surface area contributed by atoms with Crippen LogP contribution >= 0.6 is 0 Å². The van der Waals surface area contributed by atoms with E-state index < -0.39 is 0 Å². The number of nitro groups is 1. The van der Waals surface area contributed by atoms with Crippen molar-refractivity contribution in [1.29, 1.82) is 0 Å². The molecule has 0 aliphatic heterocycles. The summed E-state index contributed by atoms with van der Waals surface area (Å²) in [4.78, 5) is 10.4.